The molecule has 21 heavy (non-hydrogen) atoms. The van der Waals surface area contributed by atoms with Crippen LogP contribution in [0.1, 0.15) is 5.56 Å². The van der Waals surface area contributed by atoms with Crippen LogP contribution in [0.15, 0.2) is 50.6 Å². The van der Waals surface area contributed by atoms with Crippen molar-refractivity contribution in [2.75, 3.05) is 0 Å². The largest absolute Gasteiger partial charge is 0.420 e. The highest BCUT2D eigenvalue weighted by Crippen LogP contribution is 2.48. The van der Waals surface area contributed by atoms with Crippen molar-refractivity contribution in [3.05, 3.63) is 53.2 Å². The van der Waals surface area contributed by atoms with Gasteiger partial charge in [0, 0.05) is 0 Å². The van der Waals surface area contributed by atoms with E-state index in [2.05, 4.69) is 19.7 Å². The standard InChI is InChI=1S/C13H9F5S3/c1-4-19-10-7(13(16,17)18)8(14)11(20-5-2)12(9(10)15)21-6-3/h4-6H,1-3H2. The molecular formula is C13H9F5S3. The van der Waals surface area contributed by atoms with E-state index in [1.807, 2.05) is 0 Å². The number of benzene rings is 1. The van der Waals surface area contributed by atoms with Gasteiger partial charge >= 0.3 is 6.18 Å². The first kappa shape index (κ1) is 18.2. The molecule has 0 aromatic heterocycles. The van der Waals surface area contributed by atoms with E-state index in [4.69, 9.17) is 0 Å². The molecule has 8 heteroatoms. The second-order valence-electron chi connectivity index (χ2n) is 3.34. The Morgan fingerprint density at radius 1 is 0.714 bits per heavy atom. The zero-order chi connectivity index (χ0) is 16.2. The molecule has 0 nitrogen and oxygen atoms in total. The van der Waals surface area contributed by atoms with Crippen LogP contribution in [-0.2, 0) is 6.18 Å². The molecule has 0 amide bonds. The SMILES string of the molecule is C=CSc1c(F)c(SC=C)c(C(F)(F)F)c(F)c1SC=C. The molecule has 0 spiro atoms. The lowest BCUT2D eigenvalue weighted by molar-refractivity contribution is -0.143. The van der Waals surface area contributed by atoms with Crippen molar-refractivity contribution < 1.29 is 22.0 Å². The van der Waals surface area contributed by atoms with Crippen molar-refractivity contribution in [3.8, 4) is 0 Å². The summed E-state index contributed by atoms with van der Waals surface area (Å²) in [6, 6.07) is 0. The molecule has 0 saturated carbocycles. The van der Waals surface area contributed by atoms with Crippen LogP contribution in [0.5, 0.6) is 0 Å². The molecule has 0 aliphatic rings. The molecule has 0 atom stereocenters. The zero-order valence-corrected chi connectivity index (χ0v) is 12.9. The number of rotatable bonds is 6. The summed E-state index contributed by atoms with van der Waals surface area (Å²) in [5.41, 5.74) is -1.64. The summed E-state index contributed by atoms with van der Waals surface area (Å²) in [4.78, 5) is -1.56. The van der Waals surface area contributed by atoms with Crippen LogP contribution in [0, 0.1) is 11.6 Å². The Balaban J connectivity index is 3.82. The Hall–Kier alpha value is -0.860. The van der Waals surface area contributed by atoms with Gasteiger partial charge in [-0.2, -0.15) is 13.2 Å². The number of hydrogen-bond donors (Lipinski definition) is 0. The van der Waals surface area contributed by atoms with Crippen molar-refractivity contribution in [2.24, 2.45) is 0 Å². The van der Waals surface area contributed by atoms with E-state index in [0.29, 0.717) is 35.3 Å². The quantitative estimate of drug-likeness (QED) is 0.412. The van der Waals surface area contributed by atoms with Gasteiger partial charge in [0.2, 0.25) is 0 Å². The van der Waals surface area contributed by atoms with E-state index in [1.165, 1.54) is 5.41 Å². The normalized spacial score (nSPS) is 11.3. The third-order valence-electron chi connectivity index (χ3n) is 2.14. The molecule has 114 valence electrons. The summed E-state index contributed by atoms with van der Waals surface area (Å²) >= 11 is 1.67. The summed E-state index contributed by atoms with van der Waals surface area (Å²) in [7, 11) is 0. The maximum Gasteiger partial charge on any atom is 0.420 e. The fourth-order valence-electron chi connectivity index (χ4n) is 1.45. The Morgan fingerprint density at radius 3 is 1.48 bits per heavy atom. The Bertz CT molecular complexity index is 578. The van der Waals surface area contributed by atoms with E-state index >= 15 is 0 Å². The van der Waals surface area contributed by atoms with Gasteiger partial charge in [-0.1, -0.05) is 55.0 Å². The van der Waals surface area contributed by atoms with Gasteiger partial charge in [-0.05, 0) is 16.2 Å². The van der Waals surface area contributed by atoms with Gasteiger partial charge in [-0.15, -0.1) is 0 Å². The second-order valence-corrected chi connectivity index (χ2v) is 6.27. The summed E-state index contributed by atoms with van der Waals surface area (Å²) in [6.07, 6.45) is -5.02. The molecule has 0 bridgehead atoms. The van der Waals surface area contributed by atoms with E-state index in [1.54, 1.807) is 0 Å². The van der Waals surface area contributed by atoms with E-state index < -0.39 is 33.2 Å². The predicted octanol–water partition coefficient (Wildman–Crippen LogP) is 6.69. The zero-order valence-electron chi connectivity index (χ0n) is 10.5. The third-order valence-corrected chi connectivity index (χ3v) is 4.62. The first-order chi connectivity index (χ1) is 9.79. The monoisotopic (exact) mass is 356 g/mol. The van der Waals surface area contributed by atoms with Crippen molar-refractivity contribution >= 4 is 35.3 Å². The van der Waals surface area contributed by atoms with Gasteiger partial charge in [0.15, 0.2) is 11.6 Å². The van der Waals surface area contributed by atoms with Gasteiger partial charge < -0.3 is 0 Å². The van der Waals surface area contributed by atoms with Crippen LogP contribution < -0.4 is 0 Å². The minimum absolute atomic E-state index is 0.259. The minimum Gasteiger partial charge on any atom is -0.205 e. The van der Waals surface area contributed by atoms with Gasteiger partial charge in [0.25, 0.3) is 0 Å². The smallest absolute Gasteiger partial charge is 0.205 e. The summed E-state index contributed by atoms with van der Waals surface area (Å²) in [6.45, 7) is 9.92. The average molecular weight is 356 g/mol. The Morgan fingerprint density at radius 2 is 1.10 bits per heavy atom. The molecule has 0 fully saturated rings. The lowest BCUT2D eigenvalue weighted by Crippen LogP contribution is -2.13. The van der Waals surface area contributed by atoms with Crippen molar-refractivity contribution in [2.45, 2.75) is 20.9 Å². The molecule has 1 aromatic carbocycles. The molecule has 0 saturated heterocycles. The fraction of sp³-hybridized carbons (Fsp3) is 0.0769. The molecule has 0 aliphatic heterocycles. The maximum atomic E-state index is 14.3. The lowest BCUT2D eigenvalue weighted by Gasteiger charge is -2.18. The van der Waals surface area contributed by atoms with Crippen molar-refractivity contribution in [1.29, 1.82) is 0 Å². The van der Waals surface area contributed by atoms with E-state index in [0.717, 1.165) is 10.8 Å². The molecule has 0 heterocycles. The van der Waals surface area contributed by atoms with Gasteiger partial charge in [0.1, 0.15) is 5.56 Å². The first-order valence-corrected chi connectivity index (χ1v) is 7.88. The minimum atomic E-state index is -5.02. The molecule has 0 aliphatic carbocycles. The first-order valence-electron chi connectivity index (χ1n) is 5.24. The van der Waals surface area contributed by atoms with Crippen LogP contribution in [0.3, 0.4) is 0 Å². The average Bonchev–Trinajstić information content (AvgIpc) is 2.38. The molecule has 0 unspecified atom stereocenters. The van der Waals surface area contributed by atoms with E-state index in [-0.39, 0.29) is 4.90 Å². The van der Waals surface area contributed by atoms with E-state index in [9.17, 15) is 22.0 Å². The van der Waals surface area contributed by atoms with Crippen molar-refractivity contribution in [1.82, 2.24) is 0 Å². The number of hydrogen-bond acceptors (Lipinski definition) is 3. The van der Waals surface area contributed by atoms with Crippen LogP contribution in [0.25, 0.3) is 0 Å². The van der Waals surface area contributed by atoms with Crippen LogP contribution >= 0.6 is 35.3 Å². The highest BCUT2D eigenvalue weighted by Gasteiger charge is 2.41. The Labute approximate surface area is 131 Å². The Kier molecular flexibility index (Phi) is 6.42. The number of halogens is 5. The lowest BCUT2D eigenvalue weighted by atomic mass is 10.2. The highest BCUT2D eigenvalue weighted by molar-refractivity contribution is 8.05. The van der Waals surface area contributed by atoms with Crippen LogP contribution in [0.4, 0.5) is 22.0 Å². The molecule has 0 N–H and O–H groups in total. The fourth-order valence-corrected chi connectivity index (χ4v) is 3.64. The van der Waals surface area contributed by atoms with Crippen LogP contribution in [-0.4, -0.2) is 0 Å². The van der Waals surface area contributed by atoms with Gasteiger partial charge in [0.05, 0.1) is 14.7 Å². The maximum absolute atomic E-state index is 14.3. The molecular weight excluding hydrogens is 347 g/mol. The third kappa shape index (κ3) is 3.87. The van der Waals surface area contributed by atoms with Gasteiger partial charge in [-0.3, -0.25) is 0 Å². The summed E-state index contributed by atoms with van der Waals surface area (Å²) in [5.74, 6) is -2.68. The number of alkyl halides is 3. The predicted molar refractivity (Wildman–Crippen MR) is 79.5 cm³/mol. The molecule has 0 radical (unpaired) electrons. The molecule has 1 rings (SSSR count). The topological polar surface area (TPSA) is 0 Å². The molecule has 1 aromatic rings. The van der Waals surface area contributed by atoms with Crippen molar-refractivity contribution in [3.63, 3.8) is 0 Å². The number of thioether (sulfide) groups is 3. The summed E-state index contributed by atoms with van der Waals surface area (Å²) in [5, 5.41) is 3.35. The highest BCUT2D eigenvalue weighted by atomic mass is 32.2. The van der Waals surface area contributed by atoms with Gasteiger partial charge in [-0.25, -0.2) is 8.78 Å². The summed E-state index contributed by atoms with van der Waals surface area (Å²) < 4.78 is 67.7. The van der Waals surface area contributed by atoms with Crippen LogP contribution in [0.2, 0.25) is 0 Å². The second kappa shape index (κ2) is 7.42.